The highest BCUT2D eigenvalue weighted by Crippen LogP contribution is 2.43. The van der Waals surface area contributed by atoms with Crippen molar-refractivity contribution in [1.82, 2.24) is 10.2 Å². The van der Waals surface area contributed by atoms with Gasteiger partial charge in [0.15, 0.2) is 0 Å². The quantitative estimate of drug-likeness (QED) is 0.145. The maximum absolute atomic E-state index is 14.0. The minimum atomic E-state index is -4.54. The van der Waals surface area contributed by atoms with E-state index in [-0.39, 0.29) is 11.3 Å². The number of hydrogen-bond acceptors (Lipinski definition) is 3. The molecule has 0 spiro atoms. The minimum Gasteiger partial charge on any atom is -0.423 e. The van der Waals surface area contributed by atoms with Crippen molar-refractivity contribution < 1.29 is 22.7 Å². The van der Waals surface area contributed by atoms with Crippen molar-refractivity contribution in [2.45, 2.75) is 19.5 Å². The van der Waals surface area contributed by atoms with Crippen LogP contribution in [0.2, 0.25) is 0 Å². The lowest BCUT2D eigenvalue weighted by atomic mass is 9.85. The van der Waals surface area contributed by atoms with Gasteiger partial charge in [-0.2, -0.15) is 18.3 Å². The molecule has 0 bridgehead atoms. The molecule has 4 rings (SSSR count). The van der Waals surface area contributed by atoms with Crippen molar-refractivity contribution in [2.75, 3.05) is 0 Å². The third-order valence-electron chi connectivity index (χ3n) is 5.48. The van der Waals surface area contributed by atoms with Gasteiger partial charge in [-0.15, -0.1) is 0 Å². The van der Waals surface area contributed by atoms with Crippen LogP contribution in [0.25, 0.3) is 22.0 Å². The van der Waals surface area contributed by atoms with Gasteiger partial charge in [-0.05, 0) is 53.0 Å². The van der Waals surface area contributed by atoms with Gasteiger partial charge in [0.25, 0.3) is 0 Å². The Labute approximate surface area is 194 Å². The summed E-state index contributed by atoms with van der Waals surface area (Å²) in [6.45, 7) is 5.24. The van der Waals surface area contributed by atoms with Crippen LogP contribution in [0.15, 0.2) is 85.6 Å². The number of carbonyl (C=O) groups excluding carboxylic acids is 1. The molecular formula is C27H21F3N2O2. The zero-order valence-corrected chi connectivity index (χ0v) is 18.3. The lowest BCUT2D eigenvalue weighted by Crippen LogP contribution is -2.10. The number of alkyl halides is 3. The summed E-state index contributed by atoms with van der Waals surface area (Å²) in [5.41, 5.74) is 2.31. The number of hydrogen-bond donors (Lipinski definition) is 1. The minimum absolute atomic E-state index is 0.0737. The van der Waals surface area contributed by atoms with Gasteiger partial charge < -0.3 is 4.74 Å². The van der Waals surface area contributed by atoms with Crippen molar-refractivity contribution >= 4 is 28.0 Å². The summed E-state index contributed by atoms with van der Waals surface area (Å²) in [6.07, 6.45) is -1.55. The summed E-state index contributed by atoms with van der Waals surface area (Å²) in [5, 5.41) is 7.72. The number of esters is 1. The molecule has 0 aliphatic rings. The molecule has 7 heteroatoms. The number of nitrogens with one attached hydrogen (secondary N) is 1. The normalized spacial score (nSPS) is 12.4. The number of allylic oxidation sites excluding steroid dienone is 1. The summed E-state index contributed by atoms with van der Waals surface area (Å²) < 4.78 is 47.4. The lowest BCUT2D eigenvalue weighted by molar-refractivity contribution is -0.137. The Balaban J connectivity index is 2.08. The fraction of sp³-hybridized carbons (Fsp3) is 0.111. The predicted octanol–water partition coefficient (Wildman–Crippen LogP) is 7.04. The van der Waals surface area contributed by atoms with E-state index in [4.69, 9.17) is 4.74 Å². The molecule has 1 aromatic heterocycles. The summed E-state index contributed by atoms with van der Waals surface area (Å²) in [5.74, 6) is -0.434. The highest BCUT2D eigenvalue weighted by Gasteiger charge is 2.34. The van der Waals surface area contributed by atoms with E-state index >= 15 is 0 Å². The zero-order valence-electron chi connectivity index (χ0n) is 18.3. The van der Waals surface area contributed by atoms with E-state index in [1.54, 1.807) is 43.5 Å². The van der Waals surface area contributed by atoms with Crippen molar-refractivity contribution in [3.8, 4) is 5.75 Å². The van der Waals surface area contributed by atoms with Crippen LogP contribution < -0.4 is 4.74 Å². The number of para-hydroxylation sites is 1. The van der Waals surface area contributed by atoms with Gasteiger partial charge >= 0.3 is 12.1 Å². The van der Waals surface area contributed by atoms with Crippen LogP contribution in [0.4, 0.5) is 13.2 Å². The highest BCUT2D eigenvalue weighted by atomic mass is 19.4. The van der Waals surface area contributed by atoms with Crippen molar-refractivity contribution in [1.29, 1.82) is 0 Å². The molecule has 4 nitrogen and oxygen atoms in total. The molecule has 0 fully saturated rings. The number of nitrogens with zero attached hydrogens (tertiary/aromatic N) is 1. The molecule has 0 atom stereocenters. The first kappa shape index (κ1) is 23.0. The second kappa shape index (κ2) is 9.39. The van der Waals surface area contributed by atoms with E-state index < -0.39 is 17.7 Å². The van der Waals surface area contributed by atoms with E-state index in [9.17, 15) is 18.0 Å². The Morgan fingerprint density at radius 1 is 1.06 bits per heavy atom. The maximum atomic E-state index is 14.0. The summed E-state index contributed by atoms with van der Waals surface area (Å²) in [4.78, 5) is 12.0. The Morgan fingerprint density at radius 2 is 1.76 bits per heavy atom. The van der Waals surface area contributed by atoms with Crippen molar-refractivity contribution in [3.05, 3.63) is 108 Å². The molecular weight excluding hydrogens is 441 g/mol. The van der Waals surface area contributed by atoms with Gasteiger partial charge in [-0.3, -0.25) is 5.10 Å². The average Bonchev–Trinajstić information content (AvgIpc) is 3.30. The van der Waals surface area contributed by atoms with Gasteiger partial charge in [0.2, 0.25) is 0 Å². The third kappa shape index (κ3) is 4.50. The fourth-order valence-corrected chi connectivity index (χ4v) is 4.00. The van der Waals surface area contributed by atoms with Crippen molar-refractivity contribution in [3.63, 3.8) is 0 Å². The molecule has 0 aliphatic carbocycles. The number of ether oxygens (including phenoxy) is 1. The van der Waals surface area contributed by atoms with Gasteiger partial charge in [0.1, 0.15) is 5.75 Å². The van der Waals surface area contributed by atoms with E-state index in [0.29, 0.717) is 28.7 Å². The van der Waals surface area contributed by atoms with E-state index in [0.717, 1.165) is 23.0 Å². The summed E-state index contributed by atoms with van der Waals surface area (Å²) in [6, 6.07) is 17.8. The summed E-state index contributed by atoms with van der Waals surface area (Å²) >= 11 is 0. The molecule has 0 amide bonds. The lowest BCUT2D eigenvalue weighted by Gasteiger charge is -2.21. The van der Waals surface area contributed by atoms with Crippen LogP contribution in [0.5, 0.6) is 5.75 Å². The first-order valence-electron chi connectivity index (χ1n) is 10.6. The molecule has 1 heterocycles. The SMILES string of the molecule is C=CC(=O)Oc1ccccc1/C(=C(\CC)c1ccccc1C(F)(F)F)c1ccc2[nH]ncc2c1. The topological polar surface area (TPSA) is 55.0 Å². The third-order valence-corrected chi connectivity index (χ3v) is 5.48. The molecule has 0 unspecified atom stereocenters. The van der Waals surface area contributed by atoms with E-state index in [1.165, 1.54) is 12.1 Å². The number of H-pyrrole nitrogens is 1. The van der Waals surface area contributed by atoms with Crippen LogP contribution in [0, 0.1) is 0 Å². The number of benzene rings is 3. The average molecular weight is 462 g/mol. The van der Waals surface area contributed by atoms with Crippen molar-refractivity contribution in [2.24, 2.45) is 0 Å². The largest absolute Gasteiger partial charge is 0.423 e. The molecule has 172 valence electrons. The second-order valence-corrected chi connectivity index (χ2v) is 7.54. The Morgan fingerprint density at radius 3 is 2.47 bits per heavy atom. The molecule has 0 saturated heterocycles. The number of aromatic nitrogens is 2. The van der Waals surface area contributed by atoms with Crippen LogP contribution in [-0.2, 0) is 11.0 Å². The second-order valence-electron chi connectivity index (χ2n) is 7.54. The van der Waals surface area contributed by atoms with Gasteiger partial charge in [0, 0.05) is 17.0 Å². The van der Waals surface area contributed by atoms with Crippen LogP contribution in [-0.4, -0.2) is 16.2 Å². The van der Waals surface area contributed by atoms with Gasteiger partial charge in [-0.1, -0.05) is 56.0 Å². The monoisotopic (exact) mass is 462 g/mol. The zero-order chi connectivity index (χ0) is 24.3. The number of fused-ring (bicyclic) bond motifs is 1. The maximum Gasteiger partial charge on any atom is 0.416 e. The van der Waals surface area contributed by atoms with E-state index in [2.05, 4.69) is 16.8 Å². The van der Waals surface area contributed by atoms with Crippen LogP contribution in [0.1, 0.15) is 35.6 Å². The molecule has 3 aromatic carbocycles. The number of aromatic amines is 1. The fourth-order valence-electron chi connectivity index (χ4n) is 4.00. The van der Waals surface area contributed by atoms with Crippen LogP contribution in [0.3, 0.4) is 0 Å². The first-order chi connectivity index (χ1) is 16.3. The van der Waals surface area contributed by atoms with Gasteiger partial charge in [-0.25, -0.2) is 4.79 Å². The molecule has 0 saturated carbocycles. The van der Waals surface area contributed by atoms with E-state index in [1.807, 2.05) is 18.2 Å². The Bertz CT molecular complexity index is 1400. The first-order valence-corrected chi connectivity index (χ1v) is 10.6. The smallest absolute Gasteiger partial charge is 0.416 e. The Hall–Kier alpha value is -4.13. The predicted molar refractivity (Wildman–Crippen MR) is 126 cm³/mol. The molecule has 0 radical (unpaired) electrons. The highest BCUT2D eigenvalue weighted by molar-refractivity contribution is 6.02. The standard InChI is InChI=1S/C27H21F3N2O2/c1-3-19(20-9-5-7-11-22(20)27(28,29)30)26(17-13-14-23-18(15-17)16-31-32-23)21-10-6-8-12-24(21)34-25(33)4-2/h4-16H,2-3H2,1H3,(H,31,32)/b26-19+. The number of carbonyl (C=O) groups is 1. The molecule has 0 aliphatic heterocycles. The Kier molecular flexibility index (Phi) is 6.36. The number of halogens is 3. The van der Waals surface area contributed by atoms with Gasteiger partial charge in [0.05, 0.1) is 17.3 Å². The molecule has 1 N–H and O–H groups in total. The molecule has 34 heavy (non-hydrogen) atoms. The summed E-state index contributed by atoms with van der Waals surface area (Å²) in [7, 11) is 0. The molecule has 4 aromatic rings. The van der Waals surface area contributed by atoms with Crippen LogP contribution >= 0.6 is 0 Å². The number of rotatable bonds is 6.